The van der Waals surface area contributed by atoms with Crippen LogP contribution in [0.25, 0.3) is 0 Å². The molecule has 1 aromatic heterocycles. The molecular weight excluding hydrogens is 138 g/mol. The van der Waals surface area contributed by atoms with Crippen molar-refractivity contribution >= 4 is 0 Å². The Bertz CT molecular complexity index is 217. The predicted octanol–water partition coefficient (Wildman–Crippen LogP) is 0.998. The maximum absolute atomic E-state index is 5.77. The van der Waals surface area contributed by atoms with Crippen molar-refractivity contribution < 1.29 is 0 Å². The number of nitrogens with one attached hydrogen (secondary N) is 1. The van der Waals surface area contributed by atoms with Crippen LogP contribution in [0.1, 0.15) is 24.9 Å². The van der Waals surface area contributed by atoms with Crippen LogP contribution >= 0.6 is 0 Å². The van der Waals surface area contributed by atoms with E-state index in [1.54, 1.807) is 0 Å². The predicted molar refractivity (Wildman–Crippen MR) is 45.3 cm³/mol. The Morgan fingerprint density at radius 3 is 2.91 bits per heavy atom. The Kier molecular flexibility index (Phi) is 2.65. The molecule has 0 radical (unpaired) electrons. The monoisotopic (exact) mass is 153 g/mol. The molecule has 1 aromatic rings. The van der Waals surface area contributed by atoms with Gasteiger partial charge in [0, 0.05) is 24.4 Å². The van der Waals surface area contributed by atoms with Crippen LogP contribution in [-0.4, -0.2) is 16.0 Å². The maximum atomic E-state index is 5.77. The van der Waals surface area contributed by atoms with Gasteiger partial charge >= 0.3 is 0 Å². The van der Waals surface area contributed by atoms with Gasteiger partial charge in [0.1, 0.15) is 5.82 Å². The van der Waals surface area contributed by atoms with E-state index in [9.17, 15) is 0 Å². The minimum Gasteiger partial charge on any atom is -0.346 e. The molecule has 11 heavy (non-hydrogen) atoms. The number of hydrogen-bond donors (Lipinski definition) is 2. The molecule has 1 heterocycles. The molecular formula is C8H15N3. The van der Waals surface area contributed by atoms with E-state index in [0.717, 1.165) is 24.4 Å². The molecule has 0 aliphatic heterocycles. The van der Waals surface area contributed by atoms with E-state index in [2.05, 4.69) is 16.9 Å². The fourth-order valence-electron chi connectivity index (χ4n) is 1.00. The average Bonchev–Trinajstić information content (AvgIpc) is 2.35. The van der Waals surface area contributed by atoms with Crippen molar-refractivity contribution in [3.63, 3.8) is 0 Å². The van der Waals surface area contributed by atoms with Crippen molar-refractivity contribution in [2.75, 3.05) is 0 Å². The minimum atomic E-state index is 0.259. The second-order valence-corrected chi connectivity index (χ2v) is 2.87. The number of nitrogens with zero attached hydrogens (tertiary/aromatic N) is 1. The Morgan fingerprint density at radius 2 is 2.45 bits per heavy atom. The number of aromatic nitrogens is 2. The molecule has 0 spiro atoms. The van der Waals surface area contributed by atoms with Crippen LogP contribution < -0.4 is 5.73 Å². The molecule has 1 rings (SSSR count). The van der Waals surface area contributed by atoms with Gasteiger partial charge in [-0.15, -0.1) is 0 Å². The van der Waals surface area contributed by atoms with Gasteiger partial charge in [0.2, 0.25) is 0 Å². The van der Waals surface area contributed by atoms with E-state index in [4.69, 9.17) is 5.73 Å². The Hall–Kier alpha value is -0.830. The summed E-state index contributed by atoms with van der Waals surface area (Å²) >= 11 is 0. The molecule has 0 aliphatic carbocycles. The second kappa shape index (κ2) is 3.53. The topological polar surface area (TPSA) is 54.7 Å². The van der Waals surface area contributed by atoms with Crippen molar-refractivity contribution in [2.24, 2.45) is 5.73 Å². The fraction of sp³-hybridized carbons (Fsp3) is 0.625. The Morgan fingerprint density at radius 1 is 1.73 bits per heavy atom. The van der Waals surface area contributed by atoms with Gasteiger partial charge in [-0.1, -0.05) is 6.92 Å². The zero-order chi connectivity index (χ0) is 8.27. The lowest BCUT2D eigenvalue weighted by atomic mass is 10.1. The van der Waals surface area contributed by atoms with Crippen molar-refractivity contribution in [3.05, 3.63) is 17.7 Å². The molecule has 62 valence electrons. The van der Waals surface area contributed by atoms with Gasteiger partial charge in [0.05, 0.1) is 0 Å². The van der Waals surface area contributed by atoms with E-state index in [0.29, 0.717) is 0 Å². The molecule has 0 aromatic carbocycles. The van der Waals surface area contributed by atoms with E-state index < -0.39 is 0 Å². The summed E-state index contributed by atoms with van der Waals surface area (Å²) in [4.78, 5) is 7.24. The normalized spacial score (nSPS) is 13.4. The first kappa shape index (κ1) is 8.27. The van der Waals surface area contributed by atoms with Gasteiger partial charge in [-0.3, -0.25) is 0 Å². The maximum Gasteiger partial charge on any atom is 0.103 e. The van der Waals surface area contributed by atoms with Gasteiger partial charge in [-0.25, -0.2) is 4.98 Å². The molecule has 3 nitrogen and oxygen atoms in total. The van der Waals surface area contributed by atoms with Crippen molar-refractivity contribution in [1.29, 1.82) is 0 Å². The molecule has 0 fully saturated rings. The standard InChI is InChI=1S/C8H15N3/c1-3-7(9)4-8-5-10-6(2)11-8/h5,7H,3-4,9H2,1-2H3,(H,10,11). The highest BCUT2D eigenvalue weighted by molar-refractivity contribution is 5.01. The summed E-state index contributed by atoms with van der Waals surface area (Å²) in [5.74, 6) is 0.961. The van der Waals surface area contributed by atoms with Crippen LogP contribution in [0, 0.1) is 6.92 Å². The second-order valence-electron chi connectivity index (χ2n) is 2.87. The van der Waals surface area contributed by atoms with Crippen molar-refractivity contribution in [1.82, 2.24) is 9.97 Å². The third-order valence-electron chi connectivity index (χ3n) is 1.76. The van der Waals surface area contributed by atoms with Crippen molar-refractivity contribution in [2.45, 2.75) is 32.7 Å². The highest BCUT2D eigenvalue weighted by Crippen LogP contribution is 2.00. The number of H-pyrrole nitrogens is 1. The third kappa shape index (κ3) is 2.35. The van der Waals surface area contributed by atoms with Crippen LogP contribution in [0.4, 0.5) is 0 Å². The highest BCUT2D eigenvalue weighted by Gasteiger charge is 2.02. The van der Waals surface area contributed by atoms with Crippen LogP contribution in [0.5, 0.6) is 0 Å². The SMILES string of the molecule is CCC(N)Cc1cnc(C)[nH]1. The first-order valence-corrected chi connectivity index (χ1v) is 3.98. The van der Waals surface area contributed by atoms with Gasteiger partial charge in [0.25, 0.3) is 0 Å². The molecule has 1 atom stereocenters. The summed E-state index contributed by atoms with van der Waals surface area (Å²) in [6.07, 6.45) is 3.76. The van der Waals surface area contributed by atoms with Gasteiger partial charge in [0.15, 0.2) is 0 Å². The third-order valence-corrected chi connectivity index (χ3v) is 1.76. The molecule has 0 saturated carbocycles. The van der Waals surface area contributed by atoms with Crippen molar-refractivity contribution in [3.8, 4) is 0 Å². The number of nitrogens with two attached hydrogens (primary N) is 1. The molecule has 0 bridgehead atoms. The summed E-state index contributed by atoms with van der Waals surface area (Å²) < 4.78 is 0. The largest absolute Gasteiger partial charge is 0.346 e. The summed E-state index contributed by atoms with van der Waals surface area (Å²) in [7, 11) is 0. The van der Waals surface area contributed by atoms with Crippen LogP contribution in [-0.2, 0) is 6.42 Å². The molecule has 1 unspecified atom stereocenters. The van der Waals surface area contributed by atoms with E-state index in [1.165, 1.54) is 0 Å². The molecule has 3 heteroatoms. The molecule has 3 N–H and O–H groups in total. The van der Waals surface area contributed by atoms with Gasteiger partial charge in [-0.05, 0) is 13.3 Å². The lowest BCUT2D eigenvalue weighted by Crippen LogP contribution is -2.21. The number of aromatic amines is 1. The first-order valence-electron chi connectivity index (χ1n) is 3.98. The smallest absolute Gasteiger partial charge is 0.103 e. The highest BCUT2D eigenvalue weighted by atomic mass is 14.9. The summed E-state index contributed by atoms with van der Waals surface area (Å²) in [5, 5.41) is 0. The van der Waals surface area contributed by atoms with Gasteiger partial charge in [-0.2, -0.15) is 0 Å². The van der Waals surface area contributed by atoms with E-state index >= 15 is 0 Å². The fourth-order valence-corrected chi connectivity index (χ4v) is 1.00. The van der Waals surface area contributed by atoms with Crippen LogP contribution in [0.2, 0.25) is 0 Å². The van der Waals surface area contributed by atoms with E-state index in [-0.39, 0.29) is 6.04 Å². The molecule has 0 aliphatic rings. The Balaban J connectivity index is 2.50. The lowest BCUT2D eigenvalue weighted by molar-refractivity contribution is 0.638. The van der Waals surface area contributed by atoms with Gasteiger partial charge < -0.3 is 10.7 Å². The molecule has 0 amide bonds. The van der Waals surface area contributed by atoms with Crippen LogP contribution in [0.3, 0.4) is 0 Å². The quantitative estimate of drug-likeness (QED) is 0.680. The zero-order valence-corrected chi connectivity index (χ0v) is 7.09. The lowest BCUT2D eigenvalue weighted by Gasteiger charge is -2.04. The van der Waals surface area contributed by atoms with E-state index in [1.807, 2.05) is 13.1 Å². The number of imidazole rings is 1. The zero-order valence-electron chi connectivity index (χ0n) is 7.09. The summed E-state index contributed by atoms with van der Waals surface area (Å²) in [6, 6.07) is 0.259. The minimum absolute atomic E-state index is 0.259. The van der Waals surface area contributed by atoms with Crippen LogP contribution in [0.15, 0.2) is 6.20 Å². The molecule has 0 saturated heterocycles. The summed E-state index contributed by atoms with van der Waals surface area (Å²) in [5.41, 5.74) is 6.90. The number of aryl methyl sites for hydroxylation is 1. The number of rotatable bonds is 3. The Labute approximate surface area is 67.0 Å². The number of hydrogen-bond acceptors (Lipinski definition) is 2. The first-order chi connectivity index (χ1) is 5.22. The summed E-state index contributed by atoms with van der Waals surface area (Å²) in [6.45, 7) is 4.04. The average molecular weight is 153 g/mol.